The molecule has 2 N–H and O–H groups in total. The van der Waals surface area contributed by atoms with Crippen LogP contribution in [0.15, 0.2) is 168 Å². The third-order valence-corrected chi connectivity index (χ3v) is 8.62. The first-order valence-corrected chi connectivity index (χ1v) is 16.9. The number of anilines is 2. The molecule has 0 saturated carbocycles. The summed E-state index contributed by atoms with van der Waals surface area (Å²) in [5.41, 5.74) is 12.5. The van der Waals surface area contributed by atoms with Crippen LogP contribution >= 0.6 is 0 Å². The number of aliphatic imine (C=N–C) groups is 2. The van der Waals surface area contributed by atoms with Crippen molar-refractivity contribution in [2.45, 2.75) is 26.7 Å². The van der Waals surface area contributed by atoms with Gasteiger partial charge in [0.2, 0.25) is 11.4 Å². The number of nitrogens with zero attached hydrogens (tertiary/aromatic N) is 4. The van der Waals surface area contributed by atoms with E-state index in [1.165, 1.54) is 22.3 Å². The predicted octanol–water partition coefficient (Wildman–Crippen LogP) is 9.00. The second-order valence-electron chi connectivity index (χ2n) is 12.5. The topological polar surface area (TPSA) is 56.5 Å². The monoisotopic (exact) mass is 652 g/mol. The zero-order chi connectivity index (χ0) is 34.1. The molecule has 0 amide bonds. The smallest absolute Gasteiger partial charge is 0.245 e. The number of hydrogen-bond donors (Lipinski definition) is 2. The quantitative estimate of drug-likeness (QED) is 0.177. The van der Waals surface area contributed by atoms with Crippen LogP contribution in [-0.2, 0) is 12.8 Å². The standard InChI is InChI=1S/C44H40N6/c1-33-13-15-41-43(25-33)47-31-39(49-21-17-37(18-22-49)27-35-9-5-3-6-10-35)30-46-42-16-14-34(2)26-44(42)48-32-40(29-45-41)50-23-19-38(20-24-50)28-36-11-7-4-8-12-36/h3-26,29-32,47-48H,27-28H2,1-2H3/q+2/b39-31+,40-32+,45-29?,46-30?. The Balaban J connectivity index is 1.24. The minimum Gasteiger partial charge on any atom is -0.354 e. The number of nitrogens with one attached hydrogen (secondary N) is 2. The normalized spacial score (nSPS) is 14.8. The molecule has 7 rings (SSSR count). The zero-order valence-electron chi connectivity index (χ0n) is 28.4. The van der Waals surface area contributed by atoms with Gasteiger partial charge in [0.15, 0.2) is 24.8 Å². The Hall–Kier alpha value is -6.40. The molecule has 6 nitrogen and oxygen atoms in total. The van der Waals surface area contributed by atoms with Crippen LogP contribution in [0, 0.1) is 13.8 Å². The van der Waals surface area contributed by atoms with Crippen molar-refractivity contribution in [2.75, 3.05) is 10.6 Å². The molecule has 244 valence electrons. The van der Waals surface area contributed by atoms with Crippen LogP contribution in [0.25, 0.3) is 11.4 Å². The van der Waals surface area contributed by atoms with E-state index in [0.717, 1.165) is 58.1 Å². The van der Waals surface area contributed by atoms with E-state index in [1.54, 1.807) is 0 Å². The van der Waals surface area contributed by atoms with Crippen molar-refractivity contribution in [1.82, 2.24) is 0 Å². The van der Waals surface area contributed by atoms with E-state index in [4.69, 9.17) is 9.98 Å². The number of rotatable bonds is 6. The van der Waals surface area contributed by atoms with E-state index in [9.17, 15) is 0 Å². The second kappa shape index (κ2) is 15.2. The minimum absolute atomic E-state index is 0.826. The van der Waals surface area contributed by atoms with Crippen LogP contribution in [0.2, 0.25) is 0 Å². The van der Waals surface area contributed by atoms with Crippen molar-refractivity contribution in [3.8, 4) is 0 Å². The molecule has 0 bridgehead atoms. The Morgan fingerprint density at radius 3 is 1.24 bits per heavy atom. The molecule has 0 atom stereocenters. The highest BCUT2D eigenvalue weighted by Gasteiger charge is 2.14. The SMILES string of the molecule is Cc1ccc2c(c1)N/C=C(/[n+]1ccc(Cc3ccccc3)cc1)C=Nc1ccc(C)cc1N/C=C(/[n+]1ccc(Cc3ccccc3)cc1)C=N2. The van der Waals surface area contributed by atoms with Crippen LogP contribution in [0.4, 0.5) is 22.7 Å². The van der Waals surface area contributed by atoms with E-state index in [0.29, 0.717) is 0 Å². The number of fused-ring (bicyclic) bond motifs is 2. The van der Waals surface area contributed by atoms with E-state index < -0.39 is 0 Å². The van der Waals surface area contributed by atoms with E-state index in [-0.39, 0.29) is 0 Å². The van der Waals surface area contributed by atoms with Gasteiger partial charge in [-0.1, -0.05) is 72.8 Å². The van der Waals surface area contributed by atoms with Gasteiger partial charge in [-0.25, -0.2) is 9.98 Å². The molecule has 4 aromatic carbocycles. The number of allylic oxidation sites excluding steroid dienone is 2. The van der Waals surface area contributed by atoms with Crippen LogP contribution in [0.1, 0.15) is 33.4 Å². The van der Waals surface area contributed by atoms with Crippen LogP contribution in [-0.4, -0.2) is 12.4 Å². The van der Waals surface area contributed by atoms with E-state index >= 15 is 0 Å². The highest BCUT2D eigenvalue weighted by molar-refractivity contribution is 6.02. The maximum Gasteiger partial charge on any atom is 0.245 e. The fourth-order valence-electron chi connectivity index (χ4n) is 5.85. The van der Waals surface area contributed by atoms with Crippen molar-refractivity contribution in [2.24, 2.45) is 9.98 Å². The Morgan fingerprint density at radius 1 is 0.460 bits per heavy atom. The summed E-state index contributed by atoms with van der Waals surface area (Å²) in [4.78, 5) is 10.0. The number of aryl methyl sites for hydroxylation is 2. The van der Waals surface area contributed by atoms with Crippen LogP contribution in [0.3, 0.4) is 0 Å². The molecule has 1 aliphatic rings. The predicted molar refractivity (Wildman–Crippen MR) is 206 cm³/mol. The molecule has 6 aromatic rings. The molecule has 3 heterocycles. The number of aromatic nitrogens is 2. The summed E-state index contributed by atoms with van der Waals surface area (Å²) >= 11 is 0. The molecular weight excluding hydrogens is 613 g/mol. The first-order chi connectivity index (χ1) is 24.6. The van der Waals surface area contributed by atoms with Gasteiger partial charge in [0.1, 0.15) is 12.4 Å². The molecule has 0 radical (unpaired) electrons. The number of benzene rings is 4. The second-order valence-corrected chi connectivity index (χ2v) is 12.5. The van der Waals surface area contributed by atoms with Gasteiger partial charge in [-0.2, -0.15) is 9.13 Å². The summed E-state index contributed by atoms with van der Waals surface area (Å²) in [5, 5.41) is 7.10. The van der Waals surface area contributed by atoms with Crippen molar-refractivity contribution < 1.29 is 9.13 Å². The Kier molecular flexibility index (Phi) is 9.79. The van der Waals surface area contributed by atoms with Gasteiger partial charge in [0, 0.05) is 24.3 Å². The summed E-state index contributed by atoms with van der Waals surface area (Å²) in [5.74, 6) is 0. The zero-order valence-corrected chi connectivity index (χ0v) is 28.4. The first-order valence-electron chi connectivity index (χ1n) is 16.9. The van der Waals surface area contributed by atoms with Gasteiger partial charge in [-0.3, -0.25) is 0 Å². The lowest BCUT2D eigenvalue weighted by Crippen LogP contribution is -2.33. The fourth-order valence-corrected chi connectivity index (χ4v) is 5.85. The third kappa shape index (κ3) is 8.17. The number of hydrogen-bond acceptors (Lipinski definition) is 4. The molecular formula is C44H40N6+2. The Morgan fingerprint density at radius 2 is 0.840 bits per heavy atom. The highest BCUT2D eigenvalue weighted by atomic mass is 15.0. The Bertz CT molecular complexity index is 2040. The summed E-state index contributed by atoms with van der Waals surface area (Å²) in [6, 6.07) is 42.2. The van der Waals surface area contributed by atoms with Crippen LogP contribution < -0.4 is 19.8 Å². The Labute approximate surface area is 294 Å². The maximum absolute atomic E-state index is 5.00. The molecule has 2 aromatic heterocycles. The molecule has 0 fully saturated rings. The third-order valence-electron chi connectivity index (χ3n) is 8.62. The largest absolute Gasteiger partial charge is 0.354 e. The van der Waals surface area contributed by atoms with Crippen molar-refractivity contribution in [1.29, 1.82) is 0 Å². The van der Waals surface area contributed by atoms with Gasteiger partial charge in [-0.05, 0) is 84.3 Å². The molecule has 6 heteroatoms. The minimum atomic E-state index is 0.826. The van der Waals surface area contributed by atoms with Gasteiger partial charge in [0.05, 0.1) is 35.1 Å². The van der Waals surface area contributed by atoms with E-state index in [1.807, 2.05) is 37.0 Å². The fraction of sp³-hybridized carbons (Fsp3) is 0.0909. The lowest BCUT2D eigenvalue weighted by molar-refractivity contribution is -0.576. The molecule has 0 unspecified atom stereocenters. The first kappa shape index (κ1) is 32.2. The number of pyridine rings is 2. The average molecular weight is 653 g/mol. The molecule has 50 heavy (non-hydrogen) atoms. The van der Waals surface area contributed by atoms with Gasteiger partial charge in [0.25, 0.3) is 0 Å². The molecule has 0 spiro atoms. The lowest BCUT2D eigenvalue weighted by Gasteiger charge is -2.10. The van der Waals surface area contributed by atoms with Crippen molar-refractivity contribution >= 4 is 46.6 Å². The lowest BCUT2D eigenvalue weighted by atomic mass is 10.1. The van der Waals surface area contributed by atoms with Gasteiger partial charge < -0.3 is 10.6 Å². The molecule has 0 saturated heterocycles. The summed E-state index contributed by atoms with van der Waals surface area (Å²) in [6.07, 6.45) is 17.9. The summed E-state index contributed by atoms with van der Waals surface area (Å²) in [6.45, 7) is 4.18. The molecule has 1 aliphatic heterocycles. The maximum atomic E-state index is 5.00. The average Bonchev–Trinajstić information content (AvgIpc) is 3.14. The highest BCUT2D eigenvalue weighted by Crippen LogP contribution is 2.29. The van der Waals surface area contributed by atoms with Crippen molar-refractivity contribution in [3.05, 3.63) is 192 Å². The van der Waals surface area contributed by atoms with Gasteiger partial charge >= 0.3 is 0 Å². The molecule has 0 aliphatic carbocycles. The summed E-state index contributed by atoms with van der Waals surface area (Å²) < 4.78 is 4.15. The van der Waals surface area contributed by atoms with Gasteiger partial charge in [-0.15, -0.1) is 0 Å². The van der Waals surface area contributed by atoms with Crippen molar-refractivity contribution in [3.63, 3.8) is 0 Å². The summed E-state index contributed by atoms with van der Waals surface area (Å²) in [7, 11) is 0. The van der Waals surface area contributed by atoms with Crippen LogP contribution in [0.5, 0.6) is 0 Å². The van der Waals surface area contributed by atoms with E-state index in [2.05, 4.69) is 168 Å².